The van der Waals surface area contributed by atoms with Gasteiger partial charge in [-0.1, -0.05) is 25.3 Å². The van der Waals surface area contributed by atoms with Gasteiger partial charge >= 0.3 is 0 Å². The van der Waals surface area contributed by atoms with E-state index in [1.54, 1.807) is 0 Å². The first-order valence-corrected chi connectivity index (χ1v) is 9.66. The number of hydrogen-bond donors (Lipinski definition) is 2. The number of halogens is 1. The van der Waals surface area contributed by atoms with Crippen LogP contribution in [0, 0.1) is 11.8 Å². The summed E-state index contributed by atoms with van der Waals surface area (Å²) in [5.74, 6) is 2.69. The number of rotatable bonds is 5. The zero-order valence-electron chi connectivity index (χ0n) is 15.1. The van der Waals surface area contributed by atoms with E-state index in [1.165, 1.54) is 37.7 Å². The maximum atomic E-state index is 12.7. The van der Waals surface area contributed by atoms with E-state index >= 15 is 0 Å². The van der Waals surface area contributed by atoms with Crippen LogP contribution in [0.1, 0.15) is 50.0 Å². The molecule has 2 aliphatic carbocycles. The lowest BCUT2D eigenvalue weighted by molar-refractivity contribution is -0.123. The Morgan fingerprint density at radius 3 is 2.62 bits per heavy atom. The Labute approximate surface area is 161 Å². The summed E-state index contributed by atoms with van der Waals surface area (Å²) in [5.41, 5.74) is 7.12. The number of benzene rings is 1. The highest BCUT2D eigenvalue weighted by atomic mass is 35.5. The van der Waals surface area contributed by atoms with Crippen LogP contribution in [0.5, 0.6) is 11.5 Å². The molecule has 1 aromatic carbocycles. The van der Waals surface area contributed by atoms with E-state index in [-0.39, 0.29) is 30.3 Å². The van der Waals surface area contributed by atoms with Crippen molar-refractivity contribution in [1.82, 2.24) is 5.32 Å². The summed E-state index contributed by atoms with van der Waals surface area (Å²) in [5, 5.41) is 3.24. The minimum atomic E-state index is 0. The molecule has 6 heteroatoms. The highest BCUT2D eigenvalue weighted by Crippen LogP contribution is 2.49. The van der Waals surface area contributed by atoms with E-state index in [1.807, 2.05) is 12.1 Å². The Bertz CT molecular complexity index is 633. The molecule has 3 unspecified atom stereocenters. The number of fused-ring (bicyclic) bond motifs is 1. The second kappa shape index (κ2) is 8.49. The molecule has 0 aromatic heterocycles. The minimum absolute atomic E-state index is 0. The van der Waals surface area contributed by atoms with Crippen LogP contribution in [0.25, 0.3) is 0 Å². The molecule has 0 bridgehead atoms. The van der Waals surface area contributed by atoms with E-state index in [4.69, 9.17) is 15.2 Å². The fraction of sp³-hybridized carbons (Fsp3) is 0.650. The number of nitrogens with one attached hydrogen (secondary N) is 1. The Hall–Kier alpha value is -1.46. The molecule has 26 heavy (non-hydrogen) atoms. The molecule has 0 spiro atoms. The quantitative estimate of drug-likeness (QED) is 0.823. The molecule has 3 aliphatic rings. The third kappa shape index (κ3) is 4.09. The molecule has 1 heterocycles. The lowest BCUT2D eigenvalue weighted by atomic mass is 9.84. The van der Waals surface area contributed by atoms with Gasteiger partial charge in [0.2, 0.25) is 5.91 Å². The zero-order valence-corrected chi connectivity index (χ0v) is 15.9. The maximum Gasteiger partial charge on any atom is 0.224 e. The van der Waals surface area contributed by atoms with Crippen LogP contribution in [0.15, 0.2) is 18.2 Å². The summed E-state index contributed by atoms with van der Waals surface area (Å²) in [6.45, 7) is 1.73. The molecule has 2 fully saturated rings. The standard InChI is InChI=1S/C20H28N2O3.ClH/c21-12-17(13-4-2-1-3-5-13)22-20(23)16-11-15(16)14-6-7-18-19(10-14)25-9-8-24-18;/h6-7,10,13,15-17H,1-5,8-9,11-12,21H2,(H,22,23);1H. The van der Waals surface area contributed by atoms with Crippen LogP contribution in [0.2, 0.25) is 0 Å². The van der Waals surface area contributed by atoms with Gasteiger partial charge in [-0.2, -0.15) is 0 Å². The number of nitrogens with two attached hydrogens (primary N) is 1. The summed E-state index contributed by atoms with van der Waals surface area (Å²) in [6.07, 6.45) is 7.14. The van der Waals surface area contributed by atoms with Crippen LogP contribution in [0.4, 0.5) is 0 Å². The van der Waals surface area contributed by atoms with Crippen molar-refractivity contribution >= 4 is 18.3 Å². The van der Waals surface area contributed by atoms with E-state index < -0.39 is 0 Å². The van der Waals surface area contributed by atoms with Crippen molar-refractivity contribution in [3.63, 3.8) is 0 Å². The first-order valence-electron chi connectivity index (χ1n) is 9.66. The van der Waals surface area contributed by atoms with Gasteiger partial charge in [-0.3, -0.25) is 4.79 Å². The fourth-order valence-electron chi connectivity index (χ4n) is 4.34. The third-order valence-electron chi connectivity index (χ3n) is 5.92. The molecule has 1 aromatic rings. The van der Waals surface area contributed by atoms with Crippen molar-refractivity contribution in [2.24, 2.45) is 17.6 Å². The molecule has 3 atom stereocenters. The molecule has 0 saturated heterocycles. The van der Waals surface area contributed by atoms with Crippen molar-refractivity contribution in [1.29, 1.82) is 0 Å². The molecular weight excluding hydrogens is 352 g/mol. The number of carbonyl (C=O) groups is 1. The predicted molar refractivity (Wildman–Crippen MR) is 103 cm³/mol. The second-order valence-electron chi connectivity index (χ2n) is 7.60. The van der Waals surface area contributed by atoms with Crippen molar-refractivity contribution in [3.8, 4) is 11.5 Å². The van der Waals surface area contributed by atoms with E-state index in [0.29, 0.717) is 31.6 Å². The Kier molecular flexibility index (Phi) is 6.30. The molecule has 1 aliphatic heterocycles. The van der Waals surface area contributed by atoms with Crippen LogP contribution in [-0.2, 0) is 4.79 Å². The predicted octanol–water partition coefficient (Wildman–Crippen LogP) is 3.01. The summed E-state index contributed by atoms with van der Waals surface area (Å²) in [7, 11) is 0. The van der Waals surface area contributed by atoms with E-state index in [2.05, 4.69) is 11.4 Å². The van der Waals surface area contributed by atoms with Gasteiger partial charge in [0.15, 0.2) is 11.5 Å². The van der Waals surface area contributed by atoms with Gasteiger partial charge in [-0.05, 0) is 48.8 Å². The molecular formula is C20H29ClN2O3. The van der Waals surface area contributed by atoms with Crippen LogP contribution < -0.4 is 20.5 Å². The van der Waals surface area contributed by atoms with Crippen LogP contribution in [-0.4, -0.2) is 31.7 Å². The Morgan fingerprint density at radius 2 is 1.88 bits per heavy atom. The van der Waals surface area contributed by atoms with Crippen molar-refractivity contribution < 1.29 is 14.3 Å². The summed E-state index contributed by atoms with van der Waals surface area (Å²) in [4.78, 5) is 12.7. The number of amides is 1. The van der Waals surface area contributed by atoms with Crippen LogP contribution in [0.3, 0.4) is 0 Å². The SMILES string of the molecule is Cl.NCC(NC(=O)C1CC1c1ccc2c(c1)OCCO2)C1CCCCC1. The smallest absolute Gasteiger partial charge is 0.224 e. The molecule has 1 amide bonds. The van der Waals surface area contributed by atoms with Gasteiger partial charge in [-0.15, -0.1) is 12.4 Å². The average Bonchev–Trinajstić information content (AvgIpc) is 3.47. The maximum absolute atomic E-state index is 12.7. The molecule has 144 valence electrons. The van der Waals surface area contributed by atoms with E-state index in [9.17, 15) is 4.79 Å². The lowest BCUT2D eigenvalue weighted by Crippen LogP contribution is -2.46. The van der Waals surface area contributed by atoms with Crippen LogP contribution >= 0.6 is 12.4 Å². The fourth-order valence-corrected chi connectivity index (χ4v) is 4.34. The second-order valence-corrected chi connectivity index (χ2v) is 7.60. The summed E-state index contributed by atoms with van der Waals surface area (Å²) in [6, 6.07) is 6.19. The normalized spacial score (nSPS) is 25.7. The zero-order chi connectivity index (χ0) is 17.2. The first-order chi connectivity index (χ1) is 12.3. The number of hydrogen-bond acceptors (Lipinski definition) is 4. The Balaban J connectivity index is 0.00000196. The third-order valence-corrected chi connectivity index (χ3v) is 5.92. The van der Waals surface area contributed by atoms with Gasteiger partial charge in [-0.25, -0.2) is 0 Å². The largest absolute Gasteiger partial charge is 0.486 e. The van der Waals surface area contributed by atoms with Gasteiger partial charge in [0.05, 0.1) is 0 Å². The van der Waals surface area contributed by atoms with Gasteiger partial charge in [0.1, 0.15) is 13.2 Å². The van der Waals surface area contributed by atoms with Crippen molar-refractivity contribution in [2.45, 2.75) is 50.5 Å². The summed E-state index contributed by atoms with van der Waals surface area (Å²) < 4.78 is 11.2. The van der Waals surface area contributed by atoms with Gasteiger partial charge in [0, 0.05) is 18.5 Å². The van der Waals surface area contributed by atoms with Gasteiger partial charge in [0.25, 0.3) is 0 Å². The van der Waals surface area contributed by atoms with Gasteiger partial charge < -0.3 is 20.5 Å². The lowest BCUT2D eigenvalue weighted by Gasteiger charge is -2.30. The van der Waals surface area contributed by atoms with E-state index in [0.717, 1.165) is 17.9 Å². The Morgan fingerprint density at radius 1 is 1.15 bits per heavy atom. The molecule has 5 nitrogen and oxygen atoms in total. The molecule has 2 saturated carbocycles. The summed E-state index contributed by atoms with van der Waals surface area (Å²) >= 11 is 0. The topological polar surface area (TPSA) is 73.6 Å². The highest BCUT2D eigenvalue weighted by molar-refractivity contribution is 5.85. The first kappa shape index (κ1) is 19.3. The molecule has 4 rings (SSSR count). The number of ether oxygens (including phenoxy) is 2. The van der Waals surface area contributed by atoms with Crippen molar-refractivity contribution in [2.75, 3.05) is 19.8 Å². The molecule has 3 N–H and O–H groups in total. The average molecular weight is 381 g/mol. The molecule has 0 radical (unpaired) electrons. The minimum Gasteiger partial charge on any atom is -0.486 e. The monoisotopic (exact) mass is 380 g/mol. The van der Waals surface area contributed by atoms with Crippen molar-refractivity contribution in [3.05, 3.63) is 23.8 Å². The number of carbonyl (C=O) groups excluding carboxylic acids is 1. The highest BCUT2D eigenvalue weighted by Gasteiger charge is 2.45.